The van der Waals surface area contributed by atoms with E-state index in [0.717, 1.165) is 17.9 Å². The van der Waals surface area contributed by atoms with Crippen LogP contribution in [0.4, 0.5) is 0 Å². The summed E-state index contributed by atoms with van der Waals surface area (Å²) >= 11 is 0. The Bertz CT molecular complexity index is 562. The van der Waals surface area contributed by atoms with E-state index in [-0.39, 0.29) is 11.5 Å². The highest BCUT2D eigenvalue weighted by molar-refractivity contribution is 5.42. The zero-order valence-electron chi connectivity index (χ0n) is 16.0. The van der Waals surface area contributed by atoms with Crippen molar-refractivity contribution in [3.63, 3.8) is 0 Å². The highest BCUT2D eigenvalue weighted by atomic mass is 16.5. The lowest BCUT2D eigenvalue weighted by Crippen LogP contribution is -2.53. The Morgan fingerprint density at radius 3 is 2.46 bits per heavy atom. The van der Waals surface area contributed by atoms with Gasteiger partial charge in [-0.1, -0.05) is 19.9 Å². The van der Waals surface area contributed by atoms with Crippen molar-refractivity contribution in [1.82, 2.24) is 5.32 Å². The predicted octanol–water partition coefficient (Wildman–Crippen LogP) is 3.53. The van der Waals surface area contributed by atoms with Gasteiger partial charge in [-0.2, -0.15) is 0 Å². The largest absolute Gasteiger partial charge is 0.496 e. The lowest BCUT2D eigenvalue weighted by molar-refractivity contribution is -0.131. The van der Waals surface area contributed by atoms with Gasteiger partial charge < -0.3 is 19.9 Å². The molecular formula is C20H33NO3. The second kappa shape index (κ2) is 7.42. The lowest BCUT2D eigenvalue weighted by Gasteiger charge is -2.45. The smallest absolute Gasteiger partial charge is 0.122 e. The SMILES string of the molecule is COc1cc(C)c(C(C)NCC(C)(C)C2(O)CCOCC2)cc1C. The number of ether oxygens (including phenoxy) is 2. The summed E-state index contributed by atoms with van der Waals surface area (Å²) in [6.45, 7) is 12.7. The van der Waals surface area contributed by atoms with Crippen LogP contribution in [0.15, 0.2) is 12.1 Å². The molecule has 0 aliphatic carbocycles. The van der Waals surface area contributed by atoms with Gasteiger partial charge in [0.25, 0.3) is 0 Å². The maximum absolute atomic E-state index is 11.0. The maximum atomic E-state index is 11.0. The molecule has 1 aliphatic heterocycles. The van der Waals surface area contributed by atoms with Gasteiger partial charge in [0.15, 0.2) is 0 Å². The molecule has 2 N–H and O–H groups in total. The zero-order valence-corrected chi connectivity index (χ0v) is 16.0. The van der Waals surface area contributed by atoms with Gasteiger partial charge in [0.2, 0.25) is 0 Å². The van der Waals surface area contributed by atoms with Crippen molar-refractivity contribution in [3.8, 4) is 5.75 Å². The van der Waals surface area contributed by atoms with Crippen molar-refractivity contribution in [3.05, 3.63) is 28.8 Å². The highest BCUT2D eigenvalue weighted by Crippen LogP contribution is 2.38. The standard InChI is InChI=1S/C20H33NO3/c1-14-12-18(23-6)15(2)11-17(14)16(3)21-13-19(4,5)20(22)7-9-24-10-8-20/h11-12,16,21-22H,7-10,13H2,1-6H3. The molecule has 2 rings (SSSR count). The molecule has 1 aromatic carbocycles. The number of methoxy groups -OCH3 is 1. The van der Waals surface area contributed by atoms with Crippen LogP contribution in [0.5, 0.6) is 5.75 Å². The molecule has 1 unspecified atom stereocenters. The minimum atomic E-state index is -0.664. The van der Waals surface area contributed by atoms with Crippen molar-refractivity contribution in [2.24, 2.45) is 5.41 Å². The van der Waals surface area contributed by atoms with Crippen LogP contribution >= 0.6 is 0 Å². The summed E-state index contributed by atoms with van der Waals surface area (Å²) in [5, 5.41) is 14.6. The van der Waals surface area contributed by atoms with Gasteiger partial charge in [0, 0.05) is 44.1 Å². The minimum absolute atomic E-state index is 0.208. The first kappa shape index (κ1) is 19.2. The fourth-order valence-electron chi connectivity index (χ4n) is 3.57. The van der Waals surface area contributed by atoms with E-state index in [1.165, 1.54) is 11.1 Å². The number of nitrogens with one attached hydrogen (secondary N) is 1. The van der Waals surface area contributed by atoms with Gasteiger partial charge in [-0.15, -0.1) is 0 Å². The summed E-state index contributed by atoms with van der Waals surface area (Å²) in [5.74, 6) is 0.931. The molecule has 1 heterocycles. The molecule has 0 spiro atoms. The van der Waals surface area contributed by atoms with E-state index >= 15 is 0 Å². The van der Waals surface area contributed by atoms with E-state index in [1.54, 1.807) is 7.11 Å². The van der Waals surface area contributed by atoms with Crippen LogP contribution in [0, 0.1) is 19.3 Å². The van der Waals surface area contributed by atoms with Gasteiger partial charge >= 0.3 is 0 Å². The first-order valence-electron chi connectivity index (χ1n) is 8.89. The maximum Gasteiger partial charge on any atom is 0.122 e. The van der Waals surface area contributed by atoms with E-state index in [2.05, 4.69) is 52.1 Å². The van der Waals surface area contributed by atoms with Gasteiger partial charge in [0.1, 0.15) is 5.75 Å². The fourth-order valence-corrected chi connectivity index (χ4v) is 3.57. The lowest BCUT2D eigenvalue weighted by atomic mass is 9.70. The molecule has 1 aliphatic rings. The number of aliphatic hydroxyl groups is 1. The second-order valence-electron chi connectivity index (χ2n) is 7.81. The van der Waals surface area contributed by atoms with Gasteiger partial charge in [-0.05, 0) is 43.5 Å². The average molecular weight is 335 g/mol. The third kappa shape index (κ3) is 3.93. The Morgan fingerprint density at radius 2 is 1.88 bits per heavy atom. The van der Waals surface area contributed by atoms with E-state index in [4.69, 9.17) is 9.47 Å². The van der Waals surface area contributed by atoms with E-state index in [0.29, 0.717) is 26.1 Å². The molecule has 0 radical (unpaired) electrons. The van der Waals surface area contributed by atoms with Crippen LogP contribution in [0.1, 0.15) is 56.3 Å². The number of hydrogen-bond acceptors (Lipinski definition) is 4. The summed E-state index contributed by atoms with van der Waals surface area (Å²) in [7, 11) is 1.71. The Balaban J connectivity index is 2.07. The first-order valence-corrected chi connectivity index (χ1v) is 8.89. The average Bonchev–Trinajstić information content (AvgIpc) is 2.55. The molecule has 0 bridgehead atoms. The minimum Gasteiger partial charge on any atom is -0.496 e. The van der Waals surface area contributed by atoms with Crippen molar-refractivity contribution in [2.75, 3.05) is 26.9 Å². The third-order valence-electron chi connectivity index (χ3n) is 5.68. The van der Waals surface area contributed by atoms with E-state index in [1.807, 2.05) is 0 Å². The van der Waals surface area contributed by atoms with Crippen LogP contribution in [-0.2, 0) is 4.74 Å². The number of hydrogen-bond donors (Lipinski definition) is 2. The summed E-state index contributed by atoms with van der Waals surface area (Å²) in [4.78, 5) is 0. The molecule has 4 heteroatoms. The summed E-state index contributed by atoms with van der Waals surface area (Å²) in [6, 6.07) is 4.51. The Hall–Kier alpha value is -1.10. The topological polar surface area (TPSA) is 50.7 Å². The Morgan fingerprint density at radius 1 is 1.25 bits per heavy atom. The Labute approximate surface area is 146 Å². The fraction of sp³-hybridized carbons (Fsp3) is 0.700. The summed E-state index contributed by atoms with van der Waals surface area (Å²) in [5.41, 5.74) is 2.78. The van der Waals surface area contributed by atoms with E-state index in [9.17, 15) is 5.11 Å². The molecular weight excluding hydrogens is 302 g/mol. The van der Waals surface area contributed by atoms with Gasteiger partial charge in [-0.3, -0.25) is 0 Å². The van der Waals surface area contributed by atoms with E-state index < -0.39 is 5.60 Å². The molecule has 1 saturated heterocycles. The molecule has 136 valence electrons. The van der Waals surface area contributed by atoms with Crippen LogP contribution in [0.3, 0.4) is 0 Å². The molecule has 1 fully saturated rings. The first-order chi connectivity index (χ1) is 11.2. The molecule has 1 atom stereocenters. The summed E-state index contributed by atoms with van der Waals surface area (Å²) in [6.07, 6.45) is 1.41. The van der Waals surface area contributed by atoms with Crippen LogP contribution in [-0.4, -0.2) is 37.6 Å². The summed E-state index contributed by atoms with van der Waals surface area (Å²) < 4.78 is 10.8. The molecule has 4 nitrogen and oxygen atoms in total. The number of benzene rings is 1. The molecule has 0 saturated carbocycles. The van der Waals surface area contributed by atoms with Crippen molar-refractivity contribution >= 4 is 0 Å². The monoisotopic (exact) mass is 335 g/mol. The van der Waals surface area contributed by atoms with Crippen LogP contribution in [0.2, 0.25) is 0 Å². The van der Waals surface area contributed by atoms with Crippen molar-refractivity contribution < 1.29 is 14.6 Å². The zero-order chi connectivity index (χ0) is 18.0. The van der Waals surface area contributed by atoms with Gasteiger partial charge in [0.05, 0.1) is 12.7 Å². The molecule has 0 amide bonds. The van der Waals surface area contributed by atoms with Crippen molar-refractivity contribution in [2.45, 2.75) is 59.1 Å². The highest BCUT2D eigenvalue weighted by Gasteiger charge is 2.44. The van der Waals surface area contributed by atoms with Crippen molar-refractivity contribution in [1.29, 1.82) is 0 Å². The normalized spacial score (nSPS) is 19.1. The quantitative estimate of drug-likeness (QED) is 0.835. The molecule has 1 aromatic rings. The van der Waals surface area contributed by atoms with Gasteiger partial charge in [-0.25, -0.2) is 0 Å². The van der Waals surface area contributed by atoms with Crippen LogP contribution in [0.25, 0.3) is 0 Å². The Kier molecular flexibility index (Phi) is 5.95. The number of rotatable bonds is 6. The van der Waals surface area contributed by atoms with Crippen LogP contribution < -0.4 is 10.1 Å². The predicted molar refractivity (Wildman–Crippen MR) is 97.7 cm³/mol. The second-order valence-corrected chi connectivity index (χ2v) is 7.81. The molecule has 0 aromatic heterocycles. The molecule has 24 heavy (non-hydrogen) atoms. The number of aryl methyl sites for hydroxylation is 2. The third-order valence-corrected chi connectivity index (χ3v) is 5.68.